The average Bonchev–Trinajstić information content (AvgIpc) is 3.26. The Kier molecular flexibility index (Phi) is 6.09. The molecule has 0 aliphatic carbocycles. The monoisotopic (exact) mass is 485 g/mol. The largest absolute Gasteiger partial charge is 0.337 e. The van der Waals surface area contributed by atoms with Gasteiger partial charge in [0, 0.05) is 55.3 Å². The number of halogens is 1. The van der Waals surface area contributed by atoms with Crippen molar-refractivity contribution >= 4 is 29.1 Å². The van der Waals surface area contributed by atoms with Gasteiger partial charge >= 0.3 is 0 Å². The van der Waals surface area contributed by atoms with Crippen molar-refractivity contribution in [2.75, 3.05) is 18.4 Å². The molecule has 8 heteroatoms. The third-order valence-electron chi connectivity index (χ3n) is 6.31. The molecule has 1 N–H and O–H groups in total. The first kappa shape index (κ1) is 22.8. The van der Waals surface area contributed by atoms with E-state index in [1.807, 2.05) is 37.3 Å². The smallest absolute Gasteiger partial charge is 0.257 e. The van der Waals surface area contributed by atoms with E-state index in [4.69, 9.17) is 11.6 Å². The molecule has 1 aliphatic rings. The van der Waals surface area contributed by atoms with Crippen molar-refractivity contribution < 1.29 is 9.59 Å². The number of carbonyl (C=O) groups is 2. The fourth-order valence-corrected chi connectivity index (χ4v) is 4.26. The quantitative estimate of drug-likeness (QED) is 0.406. The van der Waals surface area contributed by atoms with Gasteiger partial charge in [-0.3, -0.25) is 14.3 Å². The number of pyridine rings is 1. The number of rotatable bonds is 5. The maximum atomic E-state index is 13.1. The number of hydrogen-bond acceptors (Lipinski definition) is 4. The second kappa shape index (κ2) is 9.35. The van der Waals surface area contributed by atoms with Crippen LogP contribution in [0.25, 0.3) is 11.1 Å². The summed E-state index contributed by atoms with van der Waals surface area (Å²) in [7, 11) is 1.90. The van der Waals surface area contributed by atoms with Crippen LogP contribution in [-0.2, 0) is 7.05 Å². The van der Waals surface area contributed by atoms with Gasteiger partial charge in [0.05, 0.1) is 11.8 Å². The summed E-state index contributed by atoms with van der Waals surface area (Å²) < 4.78 is 1.79. The summed E-state index contributed by atoms with van der Waals surface area (Å²) in [4.78, 5) is 31.4. The van der Waals surface area contributed by atoms with Gasteiger partial charge in [-0.2, -0.15) is 5.10 Å². The van der Waals surface area contributed by atoms with Crippen LogP contribution in [0.4, 0.5) is 5.69 Å². The van der Waals surface area contributed by atoms with Crippen LogP contribution in [-0.4, -0.2) is 44.6 Å². The minimum atomic E-state index is -0.305. The zero-order valence-corrected chi connectivity index (χ0v) is 20.2. The molecule has 4 aromatic rings. The molecule has 2 aromatic carbocycles. The van der Waals surface area contributed by atoms with Gasteiger partial charge < -0.3 is 10.2 Å². The molecule has 0 bridgehead atoms. The lowest BCUT2D eigenvalue weighted by atomic mass is 9.90. The molecule has 0 saturated carbocycles. The molecule has 176 valence electrons. The number of likely N-dealkylation sites (tertiary alicyclic amines) is 1. The van der Waals surface area contributed by atoms with Gasteiger partial charge in [-0.15, -0.1) is 0 Å². The van der Waals surface area contributed by atoms with Gasteiger partial charge in [0.2, 0.25) is 0 Å². The van der Waals surface area contributed by atoms with E-state index in [1.54, 1.807) is 28.9 Å². The molecule has 3 heterocycles. The molecule has 1 aliphatic heterocycles. The van der Waals surface area contributed by atoms with Gasteiger partial charge in [-0.25, -0.2) is 4.98 Å². The number of nitrogens with one attached hydrogen (secondary N) is 1. The van der Waals surface area contributed by atoms with Crippen molar-refractivity contribution in [3.63, 3.8) is 0 Å². The van der Waals surface area contributed by atoms with E-state index < -0.39 is 0 Å². The minimum Gasteiger partial charge on any atom is -0.337 e. The highest BCUT2D eigenvalue weighted by molar-refractivity contribution is 6.29. The predicted molar refractivity (Wildman–Crippen MR) is 136 cm³/mol. The predicted octanol–water partition coefficient (Wildman–Crippen LogP) is 4.94. The summed E-state index contributed by atoms with van der Waals surface area (Å²) in [6.07, 6.45) is 5.26. The zero-order valence-electron chi connectivity index (χ0n) is 19.4. The van der Waals surface area contributed by atoms with Crippen molar-refractivity contribution in [3.05, 3.63) is 101 Å². The van der Waals surface area contributed by atoms with E-state index >= 15 is 0 Å². The summed E-state index contributed by atoms with van der Waals surface area (Å²) >= 11 is 5.80. The summed E-state index contributed by atoms with van der Waals surface area (Å²) in [5.41, 5.74) is 5.83. The summed E-state index contributed by atoms with van der Waals surface area (Å²) in [5, 5.41) is 7.42. The van der Waals surface area contributed by atoms with Crippen LogP contribution in [0.15, 0.2) is 73.2 Å². The van der Waals surface area contributed by atoms with Crippen molar-refractivity contribution in [1.82, 2.24) is 19.7 Å². The van der Waals surface area contributed by atoms with Gasteiger partial charge in [-0.05, 0) is 47.9 Å². The van der Waals surface area contributed by atoms with Crippen LogP contribution in [0.5, 0.6) is 0 Å². The van der Waals surface area contributed by atoms with E-state index in [2.05, 4.69) is 39.7 Å². The third kappa shape index (κ3) is 4.81. The molecule has 2 aromatic heterocycles. The highest BCUT2D eigenvalue weighted by atomic mass is 35.5. The first-order valence-electron chi connectivity index (χ1n) is 11.3. The van der Waals surface area contributed by atoms with Crippen LogP contribution in [0.1, 0.15) is 37.8 Å². The maximum Gasteiger partial charge on any atom is 0.257 e. The number of aromatic nitrogens is 3. The number of carbonyl (C=O) groups excluding carboxylic acids is 2. The van der Waals surface area contributed by atoms with Crippen LogP contribution >= 0.6 is 11.6 Å². The second-order valence-corrected chi connectivity index (χ2v) is 9.17. The van der Waals surface area contributed by atoms with E-state index in [-0.39, 0.29) is 11.8 Å². The lowest BCUT2D eigenvalue weighted by molar-refractivity contribution is 0.0602. The molecular formula is C27H24ClN5O2. The molecule has 5 rings (SSSR count). The summed E-state index contributed by atoms with van der Waals surface area (Å²) in [6.45, 7) is 3.22. The Labute approximate surface area is 208 Å². The number of amides is 2. The van der Waals surface area contributed by atoms with E-state index in [1.165, 1.54) is 11.8 Å². The van der Waals surface area contributed by atoms with Crippen LogP contribution in [0, 0.1) is 6.92 Å². The molecule has 0 spiro atoms. The average molecular weight is 486 g/mol. The molecule has 0 radical (unpaired) electrons. The first-order chi connectivity index (χ1) is 16.9. The second-order valence-electron chi connectivity index (χ2n) is 8.79. The van der Waals surface area contributed by atoms with Crippen molar-refractivity contribution in [2.45, 2.75) is 12.8 Å². The molecule has 0 atom stereocenters. The number of anilines is 1. The van der Waals surface area contributed by atoms with Crippen molar-refractivity contribution in [1.29, 1.82) is 0 Å². The highest BCUT2D eigenvalue weighted by Crippen LogP contribution is 2.31. The molecule has 35 heavy (non-hydrogen) atoms. The van der Waals surface area contributed by atoms with Crippen molar-refractivity contribution in [2.24, 2.45) is 7.05 Å². The zero-order chi connectivity index (χ0) is 24.5. The number of nitrogens with zero attached hydrogens (tertiary/aromatic N) is 4. The number of hydrogen-bond donors (Lipinski definition) is 1. The molecule has 1 fully saturated rings. The van der Waals surface area contributed by atoms with Gasteiger partial charge in [-0.1, -0.05) is 41.9 Å². The Morgan fingerprint density at radius 1 is 0.971 bits per heavy atom. The van der Waals surface area contributed by atoms with E-state index in [9.17, 15) is 9.59 Å². The molecule has 0 unspecified atom stereocenters. The Hall–Kier alpha value is -3.97. The summed E-state index contributed by atoms with van der Waals surface area (Å²) in [6, 6.07) is 17.0. The molecule has 7 nitrogen and oxygen atoms in total. The fraction of sp³-hybridized carbons (Fsp3) is 0.185. The normalized spacial score (nSPS) is 13.4. The Bertz CT molecular complexity index is 1390. The lowest BCUT2D eigenvalue weighted by Gasteiger charge is -2.39. The number of aryl methyl sites for hydroxylation is 2. The fourth-order valence-electron chi connectivity index (χ4n) is 4.15. The number of benzene rings is 2. The third-order valence-corrected chi connectivity index (χ3v) is 6.53. The SMILES string of the molecule is Cc1ccc(C(=O)N2CC(c3ccc(-c4cnn(C)c4)cc3)C2)cc1NC(=O)c1ccc(Cl)nc1. The van der Waals surface area contributed by atoms with Crippen molar-refractivity contribution in [3.8, 4) is 11.1 Å². The highest BCUT2D eigenvalue weighted by Gasteiger charge is 2.32. The molecule has 2 amide bonds. The minimum absolute atomic E-state index is 0.0445. The standard InChI is InChI=1S/C27H24ClN5O2/c1-17-3-4-20(11-24(17)31-26(34)21-9-10-25(28)29-12-21)27(35)33-15-23(16-33)19-7-5-18(6-8-19)22-13-30-32(2)14-22/h3-14,23H,15-16H2,1-2H3,(H,31,34). The van der Waals surface area contributed by atoms with Gasteiger partial charge in [0.15, 0.2) is 0 Å². The van der Waals surface area contributed by atoms with Crippen LogP contribution in [0.3, 0.4) is 0 Å². The van der Waals surface area contributed by atoms with E-state index in [0.717, 1.165) is 16.7 Å². The van der Waals surface area contributed by atoms with Crippen LogP contribution < -0.4 is 5.32 Å². The molecular weight excluding hydrogens is 462 g/mol. The lowest BCUT2D eigenvalue weighted by Crippen LogP contribution is -2.48. The molecule has 1 saturated heterocycles. The maximum absolute atomic E-state index is 13.1. The van der Waals surface area contributed by atoms with E-state index in [0.29, 0.717) is 41.0 Å². The van der Waals surface area contributed by atoms with Gasteiger partial charge in [0.25, 0.3) is 11.8 Å². The Morgan fingerprint density at radius 3 is 2.37 bits per heavy atom. The Balaban J connectivity index is 1.23. The first-order valence-corrected chi connectivity index (χ1v) is 11.7. The summed E-state index contributed by atoms with van der Waals surface area (Å²) in [5.74, 6) is -0.0403. The van der Waals surface area contributed by atoms with Gasteiger partial charge in [0.1, 0.15) is 5.15 Å². The topological polar surface area (TPSA) is 80.1 Å². The Morgan fingerprint density at radius 2 is 1.71 bits per heavy atom. The van der Waals surface area contributed by atoms with Crippen LogP contribution in [0.2, 0.25) is 5.15 Å².